The average molecular weight is 375 g/mol. The minimum Gasteiger partial charge on any atom is -0.464 e. The monoisotopic (exact) mass is 375 g/mol. The summed E-state index contributed by atoms with van der Waals surface area (Å²) in [6.07, 6.45) is 2.61. The van der Waals surface area contributed by atoms with Crippen molar-refractivity contribution in [2.75, 3.05) is 5.32 Å². The highest BCUT2D eigenvalue weighted by atomic mass is 16.3. The van der Waals surface area contributed by atoms with Gasteiger partial charge in [-0.25, -0.2) is 4.98 Å². The number of nitrogens with one attached hydrogen (secondary N) is 2. The van der Waals surface area contributed by atoms with Crippen molar-refractivity contribution in [2.45, 2.75) is 19.3 Å². The van der Waals surface area contributed by atoms with Gasteiger partial charge in [0.1, 0.15) is 11.4 Å². The smallest absolute Gasteiger partial charge is 0.258 e. The van der Waals surface area contributed by atoms with E-state index in [0.717, 1.165) is 0 Å². The number of amides is 1. The molecule has 0 saturated carbocycles. The molecule has 0 aliphatic rings. The molecule has 0 saturated heterocycles. The molecule has 1 amide bonds. The molecule has 4 rings (SSSR count). The number of aromatic amines is 1. The normalized spacial score (nSPS) is 11.0. The highest BCUT2D eigenvalue weighted by Gasteiger charge is 2.08. The van der Waals surface area contributed by atoms with E-state index >= 15 is 0 Å². The fraction of sp³-hybridized carbons (Fsp3) is 0.143. The number of anilines is 1. The second-order valence-electron chi connectivity index (χ2n) is 6.43. The number of rotatable bonds is 5. The minimum absolute atomic E-state index is 0.163. The number of para-hydroxylation sites is 1. The third-order valence-electron chi connectivity index (χ3n) is 4.42. The van der Waals surface area contributed by atoms with Crippen LogP contribution in [0.25, 0.3) is 21.9 Å². The van der Waals surface area contributed by atoms with Crippen molar-refractivity contribution in [1.29, 1.82) is 0 Å². The van der Waals surface area contributed by atoms with Crippen LogP contribution in [0.5, 0.6) is 0 Å². The van der Waals surface area contributed by atoms with Gasteiger partial charge in [-0.05, 0) is 36.8 Å². The molecular formula is C21H17N3O4. The van der Waals surface area contributed by atoms with E-state index in [4.69, 9.17) is 4.42 Å². The summed E-state index contributed by atoms with van der Waals surface area (Å²) in [5.41, 5.74) is 1.30. The number of carbonyl (C=O) groups is 1. The fourth-order valence-electron chi connectivity index (χ4n) is 3.06. The predicted molar refractivity (Wildman–Crippen MR) is 106 cm³/mol. The van der Waals surface area contributed by atoms with Gasteiger partial charge in [-0.1, -0.05) is 12.1 Å². The Bertz CT molecular complexity index is 1290. The number of fused-ring (bicyclic) bond motifs is 2. The molecule has 0 bridgehead atoms. The summed E-state index contributed by atoms with van der Waals surface area (Å²) in [6, 6.07) is 13.4. The quantitative estimate of drug-likeness (QED) is 0.558. The first-order valence-electron chi connectivity index (χ1n) is 8.89. The molecular weight excluding hydrogens is 358 g/mol. The van der Waals surface area contributed by atoms with Crippen molar-refractivity contribution < 1.29 is 9.21 Å². The van der Waals surface area contributed by atoms with Crippen LogP contribution in [0.3, 0.4) is 0 Å². The van der Waals surface area contributed by atoms with Crippen LogP contribution in [0, 0.1) is 0 Å². The van der Waals surface area contributed by atoms with Crippen LogP contribution in [0.1, 0.15) is 18.7 Å². The molecule has 7 heteroatoms. The Labute approximate surface area is 159 Å². The van der Waals surface area contributed by atoms with Crippen LogP contribution in [-0.4, -0.2) is 15.9 Å². The predicted octanol–water partition coefficient (Wildman–Crippen LogP) is 2.99. The SMILES string of the molecule is O=C(CCCc1nc2ccccc2c(=O)[nH]1)Nc1ccc2occc(=O)c2c1. The van der Waals surface area contributed by atoms with E-state index in [1.165, 1.54) is 12.3 Å². The van der Waals surface area contributed by atoms with E-state index in [2.05, 4.69) is 15.3 Å². The Morgan fingerprint density at radius 1 is 1.07 bits per heavy atom. The van der Waals surface area contributed by atoms with E-state index in [0.29, 0.717) is 46.2 Å². The van der Waals surface area contributed by atoms with Gasteiger partial charge in [-0.3, -0.25) is 14.4 Å². The van der Waals surface area contributed by atoms with Gasteiger partial charge in [0.2, 0.25) is 5.91 Å². The van der Waals surface area contributed by atoms with E-state index in [9.17, 15) is 14.4 Å². The molecule has 0 aliphatic carbocycles. The number of hydrogen-bond acceptors (Lipinski definition) is 5. The summed E-state index contributed by atoms with van der Waals surface area (Å²) in [7, 11) is 0. The highest BCUT2D eigenvalue weighted by Crippen LogP contribution is 2.16. The van der Waals surface area contributed by atoms with Crippen molar-refractivity contribution in [1.82, 2.24) is 9.97 Å². The lowest BCUT2D eigenvalue weighted by Crippen LogP contribution is -2.14. The number of nitrogens with zero attached hydrogens (tertiary/aromatic N) is 1. The Kier molecular flexibility index (Phi) is 4.72. The van der Waals surface area contributed by atoms with Crippen LogP contribution in [0.15, 0.2) is 68.8 Å². The molecule has 2 aromatic carbocycles. The van der Waals surface area contributed by atoms with Gasteiger partial charge >= 0.3 is 0 Å². The van der Waals surface area contributed by atoms with Crippen LogP contribution in [-0.2, 0) is 11.2 Å². The maximum Gasteiger partial charge on any atom is 0.258 e. The van der Waals surface area contributed by atoms with Crippen LogP contribution in [0.2, 0.25) is 0 Å². The number of aryl methyl sites for hydroxylation is 1. The van der Waals surface area contributed by atoms with Crippen LogP contribution in [0.4, 0.5) is 5.69 Å². The van der Waals surface area contributed by atoms with E-state index < -0.39 is 0 Å². The Morgan fingerprint density at radius 2 is 1.93 bits per heavy atom. The Balaban J connectivity index is 1.39. The molecule has 0 fully saturated rings. The summed E-state index contributed by atoms with van der Waals surface area (Å²) in [5.74, 6) is 0.377. The van der Waals surface area contributed by atoms with Gasteiger partial charge < -0.3 is 14.7 Å². The van der Waals surface area contributed by atoms with Crippen LogP contribution < -0.4 is 16.3 Å². The number of aromatic nitrogens is 2. The lowest BCUT2D eigenvalue weighted by molar-refractivity contribution is -0.116. The van der Waals surface area contributed by atoms with Crippen molar-refractivity contribution >= 4 is 33.5 Å². The van der Waals surface area contributed by atoms with Gasteiger partial charge in [0.05, 0.1) is 22.6 Å². The fourth-order valence-corrected chi connectivity index (χ4v) is 3.06. The van der Waals surface area contributed by atoms with Crippen molar-refractivity contribution in [3.8, 4) is 0 Å². The van der Waals surface area contributed by atoms with E-state index in [-0.39, 0.29) is 23.3 Å². The molecule has 7 nitrogen and oxygen atoms in total. The van der Waals surface area contributed by atoms with Gasteiger partial charge in [0, 0.05) is 24.6 Å². The summed E-state index contributed by atoms with van der Waals surface area (Å²) in [5, 5.41) is 3.74. The van der Waals surface area contributed by atoms with E-state index in [1.54, 1.807) is 36.4 Å². The highest BCUT2D eigenvalue weighted by molar-refractivity contribution is 5.93. The maximum absolute atomic E-state index is 12.2. The first-order valence-corrected chi connectivity index (χ1v) is 8.89. The molecule has 4 aromatic rings. The third kappa shape index (κ3) is 3.68. The molecule has 0 radical (unpaired) electrons. The van der Waals surface area contributed by atoms with Crippen molar-refractivity contribution in [3.63, 3.8) is 0 Å². The van der Waals surface area contributed by atoms with Gasteiger partial charge in [-0.2, -0.15) is 0 Å². The third-order valence-corrected chi connectivity index (χ3v) is 4.42. The largest absolute Gasteiger partial charge is 0.464 e. The molecule has 28 heavy (non-hydrogen) atoms. The molecule has 0 spiro atoms. The van der Waals surface area contributed by atoms with Crippen molar-refractivity contribution in [3.05, 3.63) is 81.2 Å². The Hall–Kier alpha value is -3.74. The standard InChI is InChI=1S/C21H17N3O4/c25-17-10-11-28-18-9-8-13(12-15(17)18)22-20(26)7-3-6-19-23-16-5-2-1-4-14(16)21(27)24-19/h1-2,4-5,8-12H,3,6-7H2,(H,22,26)(H,23,24,27). The molecule has 2 N–H and O–H groups in total. The topological polar surface area (TPSA) is 105 Å². The van der Waals surface area contributed by atoms with E-state index in [1.807, 2.05) is 6.07 Å². The zero-order valence-electron chi connectivity index (χ0n) is 14.9. The van der Waals surface area contributed by atoms with Gasteiger partial charge in [0.15, 0.2) is 5.43 Å². The lowest BCUT2D eigenvalue weighted by Gasteiger charge is -2.06. The molecule has 0 atom stereocenters. The molecule has 0 aliphatic heterocycles. The van der Waals surface area contributed by atoms with Crippen LogP contribution >= 0.6 is 0 Å². The maximum atomic E-state index is 12.2. The summed E-state index contributed by atoms with van der Waals surface area (Å²) < 4.78 is 5.26. The summed E-state index contributed by atoms with van der Waals surface area (Å²) in [6.45, 7) is 0. The summed E-state index contributed by atoms with van der Waals surface area (Å²) >= 11 is 0. The zero-order chi connectivity index (χ0) is 19.5. The summed E-state index contributed by atoms with van der Waals surface area (Å²) in [4.78, 5) is 43.3. The van der Waals surface area contributed by atoms with Gasteiger partial charge in [-0.15, -0.1) is 0 Å². The second-order valence-corrected chi connectivity index (χ2v) is 6.43. The molecule has 2 aromatic heterocycles. The molecule has 2 heterocycles. The lowest BCUT2D eigenvalue weighted by atomic mass is 10.2. The number of carbonyl (C=O) groups excluding carboxylic acids is 1. The number of H-pyrrole nitrogens is 1. The minimum atomic E-state index is -0.181. The number of hydrogen-bond donors (Lipinski definition) is 2. The first-order chi connectivity index (χ1) is 13.6. The molecule has 0 unspecified atom stereocenters. The number of benzene rings is 2. The second kappa shape index (κ2) is 7.48. The molecule has 140 valence electrons. The van der Waals surface area contributed by atoms with Crippen molar-refractivity contribution in [2.24, 2.45) is 0 Å². The zero-order valence-corrected chi connectivity index (χ0v) is 14.9. The average Bonchev–Trinajstić information content (AvgIpc) is 2.69. The van der Waals surface area contributed by atoms with Gasteiger partial charge in [0.25, 0.3) is 5.56 Å². The Morgan fingerprint density at radius 3 is 2.82 bits per heavy atom. The first kappa shape index (κ1) is 17.7.